The number of nitrogens with zero attached hydrogens (tertiary/aromatic N) is 2. The van der Waals surface area contributed by atoms with E-state index in [1.807, 2.05) is 22.9 Å². The number of hydrogen-bond acceptors (Lipinski definition) is 7. The fraction of sp³-hybridized carbons (Fsp3) is 0.286. The van der Waals surface area contributed by atoms with Crippen LogP contribution in [0.3, 0.4) is 0 Å². The fourth-order valence-corrected chi connectivity index (χ4v) is 5.39. The summed E-state index contributed by atoms with van der Waals surface area (Å²) < 4.78 is 24.9. The molecule has 0 unspecified atom stereocenters. The van der Waals surface area contributed by atoms with Crippen LogP contribution in [0.15, 0.2) is 66.4 Å². The van der Waals surface area contributed by atoms with Gasteiger partial charge in [-0.2, -0.15) is 5.10 Å². The Morgan fingerprint density at radius 1 is 1.02 bits per heavy atom. The molecule has 10 nitrogen and oxygen atoms in total. The van der Waals surface area contributed by atoms with Crippen LogP contribution in [-0.2, 0) is 30.8 Å². The van der Waals surface area contributed by atoms with Crippen LogP contribution in [0.5, 0.6) is 23.0 Å². The van der Waals surface area contributed by atoms with Crippen molar-refractivity contribution < 1.29 is 38.7 Å². The Kier molecular flexibility index (Phi) is 9.72. The molecule has 1 aliphatic heterocycles. The molecule has 0 aliphatic carbocycles. The molecule has 1 aliphatic rings. The molecule has 0 fully saturated rings. The number of aliphatic carboxylic acids is 1. The quantitative estimate of drug-likeness (QED) is 0.158. The third-order valence-electron chi connectivity index (χ3n) is 7.74. The van der Waals surface area contributed by atoms with Crippen LogP contribution < -0.4 is 18.9 Å². The second-order valence-corrected chi connectivity index (χ2v) is 10.7. The molecular weight excluding hydrogens is 576 g/mol. The van der Waals surface area contributed by atoms with Gasteiger partial charge in [-0.3, -0.25) is 4.68 Å². The zero-order chi connectivity index (χ0) is 31.9. The predicted octanol–water partition coefficient (Wildman–Crippen LogP) is 6.29. The number of carboxylic acids is 2. The molecule has 5 rings (SSSR count). The van der Waals surface area contributed by atoms with Gasteiger partial charge in [0.15, 0.2) is 0 Å². The molecule has 10 heteroatoms. The van der Waals surface area contributed by atoms with Crippen LogP contribution in [0, 0.1) is 0 Å². The van der Waals surface area contributed by atoms with Gasteiger partial charge in [-0.15, -0.1) is 0 Å². The zero-order valence-electron chi connectivity index (χ0n) is 25.5. The Morgan fingerprint density at radius 3 is 2.58 bits per heavy atom. The first-order chi connectivity index (χ1) is 21.8. The van der Waals surface area contributed by atoms with Gasteiger partial charge >= 0.3 is 11.9 Å². The van der Waals surface area contributed by atoms with Crippen molar-refractivity contribution in [3.05, 3.63) is 94.2 Å². The minimum Gasteiger partial charge on any atom is -0.497 e. The number of aryl methyl sites for hydroxylation is 1. The first-order valence-corrected chi connectivity index (χ1v) is 14.8. The number of aromatic nitrogens is 2. The molecule has 0 radical (unpaired) electrons. The Morgan fingerprint density at radius 2 is 1.84 bits per heavy atom. The van der Waals surface area contributed by atoms with Crippen molar-refractivity contribution in [1.29, 1.82) is 0 Å². The van der Waals surface area contributed by atoms with Crippen molar-refractivity contribution in [2.75, 3.05) is 20.8 Å². The molecule has 0 spiro atoms. The molecule has 0 amide bonds. The topological polar surface area (TPSA) is 129 Å². The molecule has 4 aromatic rings. The van der Waals surface area contributed by atoms with Crippen molar-refractivity contribution in [2.45, 2.75) is 45.8 Å². The van der Waals surface area contributed by atoms with Gasteiger partial charge in [-0.1, -0.05) is 31.5 Å². The second-order valence-electron chi connectivity index (χ2n) is 10.7. The fourth-order valence-electron chi connectivity index (χ4n) is 5.39. The third kappa shape index (κ3) is 6.95. The average Bonchev–Trinajstić information content (AvgIpc) is 3.68. The summed E-state index contributed by atoms with van der Waals surface area (Å²) in [4.78, 5) is 24.4. The number of unbranched alkanes of at least 4 members (excludes halogenated alkanes) is 1. The minimum absolute atomic E-state index is 0.00250. The molecule has 1 aromatic heterocycles. The highest BCUT2D eigenvalue weighted by molar-refractivity contribution is 5.94. The van der Waals surface area contributed by atoms with Crippen LogP contribution in [0.2, 0.25) is 0 Å². The zero-order valence-corrected chi connectivity index (χ0v) is 25.5. The van der Waals surface area contributed by atoms with Crippen molar-refractivity contribution in [1.82, 2.24) is 9.78 Å². The highest BCUT2D eigenvalue weighted by atomic mass is 16.5. The summed E-state index contributed by atoms with van der Waals surface area (Å²) in [6.45, 7) is 3.27. The van der Waals surface area contributed by atoms with E-state index >= 15 is 0 Å². The summed E-state index contributed by atoms with van der Waals surface area (Å²) >= 11 is 0. The molecule has 2 heterocycles. The number of aromatic carboxylic acids is 1. The number of rotatable bonds is 14. The number of methoxy groups -OCH3 is 2. The molecule has 0 saturated carbocycles. The van der Waals surface area contributed by atoms with Gasteiger partial charge in [0.2, 0.25) is 0 Å². The summed E-state index contributed by atoms with van der Waals surface area (Å²) in [6.07, 6.45) is 5.96. The molecule has 45 heavy (non-hydrogen) atoms. The Balaban J connectivity index is 1.58. The van der Waals surface area contributed by atoms with Gasteiger partial charge in [0.05, 0.1) is 38.3 Å². The standard InChI is InChI=1S/C35H36N2O8/c1-4-5-13-37-33(29-11-10-27(42-2)19-32(29)45-21-23-8-6-7-9-28(23)35(40)41)26(20-36-37)16-25(34(38)39)15-24-18-31-22(12-14-44-31)17-30(24)43-3/h6-11,16-20H,4-5,12-15,21H2,1-3H3,(H,38,39)(H,40,41). The van der Waals surface area contributed by atoms with Gasteiger partial charge in [0, 0.05) is 58.8 Å². The number of carboxylic acid groups (broad SMARTS) is 2. The number of benzene rings is 3. The maximum atomic E-state index is 12.6. The lowest BCUT2D eigenvalue weighted by atomic mass is 9.98. The SMILES string of the molecule is CCCCn1ncc(C=C(Cc2cc3c(cc2OC)CCO3)C(=O)O)c1-c1ccc(OC)cc1OCc1ccccc1C(=O)O. The Hall–Kier alpha value is -5.25. The van der Waals surface area contributed by atoms with E-state index in [-0.39, 0.29) is 24.2 Å². The van der Waals surface area contributed by atoms with E-state index in [0.717, 1.165) is 30.6 Å². The Labute approximate surface area is 261 Å². The van der Waals surface area contributed by atoms with Gasteiger partial charge in [0.25, 0.3) is 0 Å². The maximum absolute atomic E-state index is 12.6. The first kappa shape index (κ1) is 31.2. The molecular formula is C35H36N2O8. The van der Waals surface area contributed by atoms with Crippen LogP contribution >= 0.6 is 0 Å². The van der Waals surface area contributed by atoms with Gasteiger partial charge < -0.3 is 29.2 Å². The monoisotopic (exact) mass is 612 g/mol. The lowest BCUT2D eigenvalue weighted by Crippen LogP contribution is -2.08. The molecule has 0 atom stereocenters. The van der Waals surface area contributed by atoms with Crippen LogP contribution in [0.25, 0.3) is 17.3 Å². The normalized spacial score (nSPS) is 12.4. The highest BCUT2D eigenvalue weighted by Crippen LogP contribution is 2.38. The molecule has 234 valence electrons. The van der Waals surface area contributed by atoms with E-state index in [1.165, 1.54) is 6.07 Å². The molecule has 3 aromatic carbocycles. The van der Waals surface area contributed by atoms with E-state index in [9.17, 15) is 19.8 Å². The molecule has 0 bridgehead atoms. The van der Waals surface area contributed by atoms with Crippen LogP contribution in [0.4, 0.5) is 0 Å². The Bertz CT molecular complexity index is 1740. The van der Waals surface area contributed by atoms with Gasteiger partial charge in [-0.25, -0.2) is 9.59 Å². The van der Waals surface area contributed by atoms with Crippen LogP contribution in [0.1, 0.15) is 52.4 Å². The van der Waals surface area contributed by atoms with E-state index in [0.29, 0.717) is 58.3 Å². The van der Waals surface area contributed by atoms with E-state index < -0.39 is 11.9 Å². The summed E-state index contributed by atoms with van der Waals surface area (Å²) in [5.41, 5.74) is 4.49. The number of hydrogen-bond donors (Lipinski definition) is 2. The van der Waals surface area contributed by atoms with E-state index in [4.69, 9.17) is 18.9 Å². The number of carbonyl (C=O) groups is 2. The van der Waals surface area contributed by atoms with Crippen LogP contribution in [-0.4, -0.2) is 52.8 Å². The summed E-state index contributed by atoms with van der Waals surface area (Å²) in [5.74, 6) is 0.233. The van der Waals surface area contributed by atoms with Gasteiger partial charge in [-0.05, 0) is 42.8 Å². The second kappa shape index (κ2) is 14.0. The third-order valence-corrected chi connectivity index (χ3v) is 7.74. The summed E-state index contributed by atoms with van der Waals surface area (Å²) in [6, 6.07) is 15.8. The van der Waals surface area contributed by atoms with E-state index in [2.05, 4.69) is 12.0 Å². The number of ether oxygens (including phenoxy) is 4. The number of fused-ring (bicyclic) bond motifs is 1. The highest BCUT2D eigenvalue weighted by Gasteiger charge is 2.22. The lowest BCUT2D eigenvalue weighted by molar-refractivity contribution is -0.132. The van der Waals surface area contributed by atoms with E-state index in [1.54, 1.807) is 56.8 Å². The van der Waals surface area contributed by atoms with Crippen molar-refractivity contribution in [2.24, 2.45) is 0 Å². The minimum atomic E-state index is -1.07. The largest absolute Gasteiger partial charge is 0.497 e. The molecule has 2 N–H and O–H groups in total. The average molecular weight is 613 g/mol. The summed E-state index contributed by atoms with van der Waals surface area (Å²) in [7, 11) is 3.12. The van der Waals surface area contributed by atoms with Crippen molar-refractivity contribution >= 4 is 18.0 Å². The summed E-state index contributed by atoms with van der Waals surface area (Å²) in [5, 5.41) is 24.6. The van der Waals surface area contributed by atoms with Gasteiger partial charge in [0.1, 0.15) is 29.6 Å². The maximum Gasteiger partial charge on any atom is 0.336 e. The predicted molar refractivity (Wildman–Crippen MR) is 168 cm³/mol. The lowest BCUT2D eigenvalue weighted by Gasteiger charge is -2.16. The first-order valence-electron chi connectivity index (χ1n) is 14.8. The van der Waals surface area contributed by atoms with Crippen molar-refractivity contribution in [3.8, 4) is 34.3 Å². The smallest absolute Gasteiger partial charge is 0.336 e. The van der Waals surface area contributed by atoms with Crippen molar-refractivity contribution in [3.63, 3.8) is 0 Å². The molecule has 0 saturated heterocycles.